The predicted octanol–water partition coefficient (Wildman–Crippen LogP) is 0.793. The fraction of sp³-hybridized carbons (Fsp3) is 0.667. The lowest BCUT2D eigenvalue weighted by molar-refractivity contribution is -0.0356. The summed E-state index contributed by atoms with van der Waals surface area (Å²) in [6, 6.07) is 5.41. The van der Waals surface area contributed by atoms with Crippen molar-refractivity contribution in [2.24, 2.45) is 0 Å². The summed E-state index contributed by atoms with van der Waals surface area (Å²) in [5.41, 5.74) is 0.820. The number of rotatable bonds is 4. The third-order valence-electron chi connectivity index (χ3n) is 5.28. The van der Waals surface area contributed by atoms with Gasteiger partial charge in [-0.3, -0.25) is 9.80 Å². The normalized spacial score (nSPS) is 27.3. The first-order valence-electron chi connectivity index (χ1n) is 8.75. The van der Waals surface area contributed by atoms with Gasteiger partial charge in [-0.1, -0.05) is 0 Å². The molecule has 2 aliphatic rings. The number of β-amino-alcohol motifs (C(OH)–C–C–N with tert-alkyl or cyclic N) is 1. The third kappa shape index (κ3) is 4.00. The molecule has 1 aromatic rings. The van der Waals surface area contributed by atoms with Crippen molar-refractivity contribution < 1.29 is 20.1 Å². The molecule has 2 atom stereocenters. The van der Waals surface area contributed by atoms with Crippen molar-refractivity contribution in [3.8, 4) is 11.5 Å². The average Bonchev–Trinajstić information content (AvgIpc) is 2.58. The van der Waals surface area contributed by atoms with Crippen molar-refractivity contribution in [3.05, 3.63) is 23.8 Å². The van der Waals surface area contributed by atoms with Crippen LogP contribution >= 0.6 is 0 Å². The predicted molar refractivity (Wildman–Crippen MR) is 91.2 cm³/mol. The fourth-order valence-electron chi connectivity index (χ4n) is 3.83. The number of nitrogens with zero attached hydrogens (tertiary/aromatic N) is 2. The van der Waals surface area contributed by atoms with Crippen molar-refractivity contribution >= 4 is 0 Å². The van der Waals surface area contributed by atoms with Crippen LogP contribution in [-0.2, 0) is 6.54 Å². The van der Waals surface area contributed by atoms with E-state index in [1.54, 1.807) is 19.2 Å². The van der Waals surface area contributed by atoms with Crippen molar-refractivity contribution in [1.29, 1.82) is 0 Å². The first-order valence-corrected chi connectivity index (χ1v) is 8.75. The van der Waals surface area contributed by atoms with Crippen molar-refractivity contribution in [3.63, 3.8) is 0 Å². The summed E-state index contributed by atoms with van der Waals surface area (Å²) in [7, 11) is 1.61. The Morgan fingerprint density at radius 2 is 1.88 bits per heavy atom. The van der Waals surface area contributed by atoms with Gasteiger partial charge in [0.2, 0.25) is 0 Å². The topological polar surface area (TPSA) is 76.4 Å². The zero-order valence-electron chi connectivity index (χ0n) is 14.3. The molecule has 134 valence electrons. The number of phenols is 1. The zero-order valence-corrected chi connectivity index (χ0v) is 14.3. The Kier molecular flexibility index (Phi) is 5.61. The van der Waals surface area contributed by atoms with Gasteiger partial charge in [0.1, 0.15) is 11.5 Å². The first-order chi connectivity index (χ1) is 11.6. The van der Waals surface area contributed by atoms with Crippen LogP contribution < -0.4 is 4.74 Å². The molecule has 2 aliphatic heterocycles. The largest absolute Gasteiger partial charge is 0.508 e. The minimum Gasteiger partial charge on any atom is -0.508 e. The van der Waals surface area contributed by atoms with Crippen LogP contribution in [0.5, 0.6) is 11.5 Å². The van der Waals surface area contributed by atoms with Crippen LogP contribution in [0.1, 0.15) is 24.8 Å². The van der Waals surface area contributed by atoms with Crippen LogP contribution in [0.3, 0.4) is 0 Å². The molecule has 24 heavy (non-hydrogen) atoms. The maximum absolute atomic E-state index is 10.6. The molecule has 1 aromatic carbocycles. The first kappa shape index (κ1) is 17.5. The molecule has 2 saturated heterocycles. The summed E-state index contributed by atoms with van der Waals surface area (Å²) >= 11 is 0. The minimum atomic E-state index is -0.401. The van der Waals surface area contributed by atoms with Crippen LogP contribution in [0.25, 0.3) is 0 Å². The van der Waals surface area contributed by atoms with E-state index in [0.717, 1.165) is 50.2 Å². The molecule has 0 radical (unpaired) electrons. The Hall–Kier alpha value is -1.34. The maximum atomic E-state index is 10.6. The van der Waals surface area contributed by atoms with Crippen LogP contribution in [0.15, 0.2) is 18.2 Å². The van der Waals surface area contributed by atoms with E-state index in [-0.39, 0.29) is 17.9 Å². The number of aromatic hydroxyl groups is 1. The molecule has 0 saturated carbocycles. The number of hydrogen-bond acceptors (Lipinski definition) is 6. The van der Waals surface area contributed by atoms with E-state index in [2.05, 4.69) is 9.80 Å². The molecular weight excluding hydrogens is 308 g/mol. The second-order valence-corrected chi connectivity index (χ2v) is 6.92. The number of likely N-dealkylation sites (tertiary alicyclic amines) is 2. The van der Waals surface area contributed by atoms with Gasteiger partial charge in [-0.15, -0.1) is 0 Å². The van der Waals surface area contributed by atoms with Crippen LogP contribution in [0.2, 0.25) is 0 Å². The van der Waals surface area contributed by atoms with Gasteiger partial charge in [0.05, 0.1) is 19.3 Å². The van der Waals surface area contributed by atoms with E-state index < -0.39 is 6.10 Å². The second-order valence-electron chi connectivity index (χ2n) is 6.92. The smallest absolute Gasteiger partial charge is 0.120 e. The number of piperidine rings is 2. The van der Waals surface area contributed by atoms with E-state index in [9.17, 15) is 15.3 Å². The highest BCUT2D eigenvalue weighted by Crippen LogP contribution is 2.27. The van der Waals surface area contributed by atoms with Gasteiger partial charge in [-0.25, -0.2) is 0 Å². The lowest BCUT2D eigenvalue weighted by Crippen LogP contribution is -2.55. The van der Waals surface area contributed by atoms with E-state index in [1.807, 2.05) is 6.07 Å². The fourth-order valence-corrected chi connectivity index (χ4v) is 3.83. The Morgan fingerprint density at radius 1 is 1.12 bits per heavy atom. The average molecular weight is 336 g/mol. The summed E-state index contributed by atoms with van der Waals surface area (Å²) < 4.78 is 5.22. The molecule has 0 unspecified atom stereocenters. The van der Waals surface area contributed by atoms with Crippen molar-refractivity contribution in [2.75, 3.05) is 33.3 Å². The lowest BCUT2D eigenvalue weighted by atomic mass is 9.96. The van der Waals surface area contributed by atoms with Crippen LogP contribution in [-0.4, -0.2) is 76.7 Å². The number of aliphatic hydroxyl groups is 2. The number of methoxy groups -OCH3 is 1. The quantitative estimate of drug-likeness (QED) is 0.755. The summed E-state index contributed by atoms with van der Waals surface area (Å²) in [4.78, 5) is 4.49. The molecule has 2 fully saturated rings. The summed E-state index contributed by atoms with van der Waals surface area (Å²) in [6.07, 6.45) is 1.91. The molecule has 0 spiro atoms. The number of hydrogen-bond donors (Lipinski definition) is 3. The molecule has 0 aromatic heterocycles. The monoisotopic (exact) mass is 336 g/mol. The maximum Gasteiger partial charge on any atom is 0.120 e. The van der Waals surface area contributed by atoms with E-state index >= 15 is 0 Å². The van der Waals surface area contributed by atoms with Gasteiger partial charge in [-0.05, 0) is 37.5 Å². The number of phenolic OH excluding ortho intramolecular Hbond substituents is 1. The van der Waals surface area contributed by atoms with E-state index in [0.29, 0.717) is 13.1 Å². The highest BCUT2D eigenvalue weighted by Gasteiger charge is 2.33. The van der Waals surface area contributed by atoms with Crippen molar-refractivity contribution in [1.82, 2.24) is 9.80 Å². The lowest BCUT2D eigenvalue weighted by Gasteiger charge is -2.43. The number of aliphatic hydroxyl groups excluding tert-OH is 2. The van der Waals surface area contributed by atoms with Gasteiger partial charge in [0.25, 0.3) is 0 Å². The standard InChI is InChI=1S/C18H28N2O4/c1-24-15-2-3-17(22)13(10-15)11-19-7-6-16(18(23)12-19)20-8-4-14(21)5-9-20/h2-3,10,14,16,18,21-23H,4-9,11-12H2,1H3/t16-,18-/m1/s1. The van der Waals surface area contributed by atoms with Gasteiger partial charge in [-0.2, -0.15) is 0 Å². The van der Waals surface area contributed by atoms with Crippen molar-refractivity contribution in [2.45, 2.75) is 44.1 Å². The van der Waals surface area contributed by atoms with E-state index in [4.69, 9.17) is 4.74 Å². The Balaban J connectivity index is 1.57. The Morgan fingerprint density at radius 3 is 2.54 bits per heavy atom. The second kappa shape index (κ2) is 7.70. The molecular formula is C18H28N2O4. The minimum absolute atomic E-state index is 0.174. The Bertz CT molecular complexity index is 546. The molecule has 3 N–H and O–H groups in total. The van der Waals surface area contributed by atoms with Gasteiger partial charge in [0.15, 0.2) is 0 Å². The molecule has 2 heterocycles. The molecule has 6 heteroatoms. The van der Waals surface area contributed by atoms with Gasteiger partial charge >= 0.3 is 0 Å². The van der Waals surface area contributed by atoms with Crippen LogP contribution in [0.4, 0.5) is 0 Å². The molecule has 0 amide bonds. The summed E-state index contributed by atoms with van der Waals surface area (Å²) in [5, 5.41) is 30.2. The third-order valence-corrected chi connectivity index (χ3v) is 5.28. The molecule has 6 nitrogen and oxygen atoms in total. The number of benzene rings is 1. The molecule has 0 aliphatic carbocycles. The number of ether oxygens (including phenoxy) is 1. The van der Waals surface area contributed by atoms with Gasteiger partial charge < -0.3 is 20.1 Å². The summed E-state index contributed by atoms with van der Waals surface area (Å²) in [6.45, 7) is 3.81. The molecule has 0 bridgehead atoms. The molecule has 3 rings (SSSR count). The Labute approximate surface area is 143 Å². The SMILES string of the molecule is COc1ccc(O)c(CN2CC[C@@H](N3CCC(O)CC3)[C@H](O)C2)c1. The van der Waals surface area contributed by atoms with E-state index in [1.165, 1.54) is 0 Å². The van der Waals surface area contributed by atoms with Crippen LogP contribution in [0, 0.1) is 0 Å². The van der Waals surface area contributed by atoms with Gasteiger partial charge in [0, 0.05) is 44.3 Å². The summed E-state index contributed by atoms with van der Waals surface area (Å²) in [5.74, 6) is 0.988. The zero-order chi connectivity index (χ0) is 17.1. The highest BCUT2D eigenvalue weighted by atomic mass is 16.5. The highest BCUT2D eigenvalue weighted by molar-refractivity contribution is 5.39.